The standard InChI is InChI=1S/C15H21NO2S/c1-10-2-3-12-11(6-10)7-13(19-12)14(18)16-8-15(9-17)4-5-15/h7,10,17H,2-6,8-9H2,1H3,(H,16,18). The molecule has 1 heterocycles. The molecule has 2 N–H and O–H groups in total. The van der Waals surface area contributed by atoms with Crippen molar-refractivity contribution in [2.45, 2.75) is 39.0 Å². The fourth-order valence-electron chi connectivity index (χ4n) is 2.74. The number of nitrogens with one attached hydrogen (secondary N) is 1. The van der Waals surface area contributed by atoms with Crippen molar-refractivity contribution < 1.29 is 9.90 Å². The van der Waals surface area contributed by atoms with E-state index in [0.717, 1.165) is 36.5 Å². The average molecular weight is 279 g/mol. The first-order valence-electron chi connectivity index (χ1n) is 7.12. The molecule has 1 unspecified atom stereocenters. The molecule has 3 rings (SSSR count). The summed E-state index contributed by atoms with van der Waals surface area (Å²) in [7, 11) is 0. The van der Waals surface area contributed by atoms with E-state index in [9.17, 15) is 9.90 Å². The summed E-state index contributed by atoms with van der Waals surface area (Å²) in [5.74, 6) is 0.772. The highest BCUT2D eigenvalue weighted by Gasteiger charge is 2.42. The maximum Gasteiger partial charge on any atom is 0.261 e. The van der Waals surface area contributed by atoms with Gasteiger partial charge in [0.25, 0.3) is 5.91 Å². The molecule has 2 aliphatic rings. The van der Waals surface area contributed by atoms with E-state index < -0.39 is 0 Å². The SMILES string of the molecule is CC1CCc2sc(C(=O)NCC3(CO)CC3)cc2C1. The van der Waals surface area contributed by atoms with Gasteiger partial charge in [-0.25, -0.2) is 0 Å². The van der Waals surface area contributed by atoms with E-state index in [-0.39, 0.29) is 17.9 Å². The molecule has 0 radical (unpaired) electrons. The lowest BCUT2D eigenvalue weighted by molar-refractivity contribution is 0.0939. The monoisotopic (exact) mass is 279 g/mol. The predicted octanol–water partition coefficient (Wildman–Crippen LogP) is 2.38. The molecule has 1 fully saturated rings. The molecule has 104 valence electrons. The van der Waals surface area contributed by atoms with Gasteiger partial charge in [0, 0.05) is 16.8 Å². The molecule has 0 aromatic carbocycles. The summed E-state index contributed by atoms with van der Waals surface area (Å²) < 4.78 is 0. The smallest absolute Gasteiger partial charge is 0.261 e. The van der Waals surface area contributed by atoms with E-state index in [1.54, 1.807) is 11.3 Å². The number of hydrogen-bond donors (Lipinski definition) is 2. The van der Waals surface area contributed by atoms with Gasteiger partial charge in [-0.05, 0) is 49.7 Å². The largest absolute Gasteiger partial charge is 0.396 e. The van der Waals surface area contributed by atoms with Crippen LogP contribution in [0.1, 0.15) is 46.3 Å². The average Bonchev–Trinajstić information content (AvgIpc) is 3.07. The zero-order valence-corrected chi connectivity index (χ0v) is 12.2. The molecule has 1 saturated carbocycles. The highest BCUT2D eigenvalue weighted by molar-refractivity contribution is 7.14. The quantitative estimate of drug-likeness (QED) is 0.889. The molecule has 1 aromatic heterocycles. The van der Waals surface area contributed by atoms with Gasteiger partial charge in [0.15, 0.2) is 0 Å². The van der Waals surface area contributed by atoms with Crippen molar-refractivity contribution >= 4 is 17.2 Å². The third-order valence-electron chi connectivity index (χ3n) is 4.47. The summed E-state index contributed by atoms with van der Waals surface area (Å²) in [5, 5.41) is 12.2. The van der Waals surface area contributed by atoms with E-state index in [2.05, 4.69) is 18.3 Å². The Bertz CT molecular complexity index is 490. The molecule has 2 aliphatic carbocycles. The van der Waals surface area contributed by atoms with Crippen molar-refractivity contribution in [1.29, 1.82) is 0 Å². The first-order chi connectivity index (χ1) is 9.12. The number of carbonyl (C=O) groups excluding carboxylic acids is 1. The highest BCUT2D eigenvalue weighted by Crippen LogP contribution is 2.44. The summed E-state index contributed by atoms with van der Waals surface area (Å²) in [6.07, 6.45) is 5.53. The fourth-order valence-corrected chi connectivity index (χ4v) is 3.86. The molecular formula is C15H21NO2S. The van der Waals surface area contributed by atoms with Crippen molar-refractivity contribution in [2.24, 2.45) is 11.3 Å². The minimum Gasteiger partial charge on any atom is -0.396 e. The number of aliphatic hydroxyl groups is 1. The summed E-state index contributed by atoms with van der Waals surface area (Å²) >= 11 is 1.65. The maximum atomic E-state index is 12.2. The number of rotatable bonds is 4. The molecular weight excluding hydrogens is 258 g/mol. The van der Waals surface area contributed by atoms with Gasteiger partial charge < -0.3 is 10.4 Å². The predicted molar refractivity (Wildman–Crippen MR) is 76.6 cm³/mol. The lowest BCUT2D eigenvalue weighted by Gasteiger charge is -2.16. The van der Waals surface area contributed by atoms with E-state index in [1.807, 2.05) is 0 Å². The molecule has 0 saturated heterocycles. The third-order valence-corrected chi connectivity index (χ3v) is 5.71. The number of thiophene rings is 1. The number of aryl methyl sites for hydroxylation is 1. The Balaban J connectivity index is 1.64. The Labute approximate surface area is 118 Å². The topological polar surface area (TPSA) is 49.3 Å². The Morgan fingerprint density at radius 2 is 2.37 bits per heavy atom. The second-order valence-corrected chi connectivity index (χ2v) is 7.38. The van der Waals surface area contributed by atoms with Gasteiger partial charge in [0.1, 0.15) is 0 Å². The van der Waals surface area contributed by atoms with Gasteiger partial charge in [0.05, 0.1) is 11.5 Å². The summed E-state index contributed by atoms with van der Waals surface area (Å²) in [4.78, 5) is 14.4. The van der Waals surface area contributed by atoms with E-state index in [0.29, 0.717) is 6.54 Å². The van der Waals surface area contributed by atoms with Crippen LogP contribution in [-0.4, -0.2) is 24.2 Å². The molecule has 1 atom stereocenters. The van der Waals surface area contributed by atoms with Gasteiger partial charge in [-0.3, -0.25) is 4.79 Å². The Kier molecular flexibility index (Phi) is 3.39. The van der Waals surface area contributed by atoms with Gasteiger partial charge in [-0.15, -0.1) is 11.3 Å². The first-order valence-corrected chi connectivity index (χ1v) is 7.94. The second-order valence-electron chi connectivity index (χ2n) is 6.25. The zero-order chi connectivity index (χ0) is 13.5. The van der Waals surface area contributed by atoms with Crippen molar-refractivity contribution in [3.05, 3.63) is 21.4 Å². The van der Waals surface area contributed by atoms with Crippen molar-refractivity contribution in [3.63, 3.8) is 0 Å². The van der Waals surface area contributed by atoms with Crippen molar-refractivity contribution in [2.75, 3.05) is 13.2 Å². The Morgan fingerprint density at radius 3 is 3.05 bits per heavy atom. The van der Waals surface area contributed by atoms with Crippen LogP contribution < -0.4 is 5.32 Å². The van der Waals surface area contributed by atoms with Crippen LogP contribution in [0.15, 0.2) is 6.07 Å². The van der Waals surface area contributed by atoms with E-state index in [4.69, 9.17) is 0 Å². The van der Waals surface area contributed by atoms with Crippen LogP contribution in [0.3, 0.4) is 0 Å². The van der Waals surface area contributed by atoms with Crippen LogP contribution in [0.25, 0.3) is 0 Å². The van der Waals surface area contributed by atoms with Crippen molar-refractivity contribution in [1.82, 2.24) is 5.32 Å². The number of fused-ring (bicyclic) bond motifs is 1. The normalized spacial score (nSPS) is 23.8. The molecule has 0 spiro atoms. The third kappa shape index (κ3) is 2.70. The highest BCUT2D eigenvalue weighted by atomic mass is 32.1. The van der Waals surface area contributed by atoms with Crippen LogP contribution in [0, 0.1) is 11.3 Å². The van der Waals surface area contributed by atoms with Gasteiger partial charge in [-0.1, -0.05) is 6.92 Å². The summed E-state index contributed by atoms with van der Waals surface area (Å²) in [6, 6.07) is 2.07. The van der Waals surface area contributed by atoms with Gasteiger partial charge in [0.2, 0.25) is 0 Å². The van der Waals surface area contributed by atoms with E-state index >= 15 is 0 Å². The Morgan fingerprint density at radius 1 is 1.58 bits per heavy atom. The number of hydrogen-bond acceptors (Lipinski definition) is 3. The lowest BCUT2D eigenvalue weighted by Crippen LogP contribution is -2.31. The van der Waals surface area contributed by atoms with E-state index in [1.165, 1.54) is 16.9 Å². The molecule has 0 bridgehead atoms. The molecule has 4 heteroatoms. The van der Waals surface area contributed by atoms with Crippen molar-refractivity contribution in [3.8, 4) is 0 Å². The molecule has 3 nitrogen and oxygen atoms in total. The molecule has 1 aromatic rings. The van der Waals surface area contributed by atoms with Crippen LogP contribution in [0.4, 0.5) is 0 Å². The fraction of sp³-hybridized carbons (Fsp3) is 0.667. The van der Waals surface area contributed by atoms with Crippen LogP contribution in [0.2, 0.25) is 0 Å². The minimum atomic E-state index is -0.0128. The number of amides is 1. The number of carbonyl (C=O) groups is 1. The maximum absolute atomic E-state index is 12.2. The lowest BCUT2D eigenvalue weighted by atomic mass is 9.90. The minimum absolute atomic E-state index is 0.0128. The van der Waals surface area contributed by atoms with Crippen LogP contribution in [-0.2, 0) is 12.8 Å². The number of aliphatic hydroxyl groups excluding tert-OH is 1. The first kappa shape index (κ1) is 13.1. The van der Waals surface area contributed by atoms with Gasteiger partial charge >= 0.3 is 0 Å². The second kappa shape index (κ2) is 4.91. The Hall–Kier alpha value is -0.870. The van der Waals surface area contributed by atoms with Crippen LogP contribution in [0.5, 0.6) is 0 Å². The molecule has 1 amide bonds. The van der Waals surface area contributed by atoms with Gasteiger partial charge in [-0.2, -0.15) is 0 Å². The summed E-state index contributed by atoms with van der Waals surface area (Å²) in [6.45, 7) is 3.07. The molecule has 0 aliphatic heterocycles. The van der Waals surface area contributed by atoms with Crippen LogP contribution >= 0.6 is 11.3 Å². The zero-order valence-electron chi connectivity index (χ0n) is 11.4. The summed E-state index contributed by atoms with van der Waals surface area (Å²) in [5.41, 5.74) is 1.36. The molecule has 19 heavy (non-hydrogen) atoms.